The zero-order valence-electron chi connectivity index (χ0n) is 12.3. The van der Waals surface area contributed by atoms with E-state index in [1.54, 1.807) is 0 Å². The highest BCUT2D eigenvalue weighted by Gasteiger charge is 2.16. The molecule has 2 saturated carbocycles. The Balaban J connectivity index is 0.00000180. The van der Waals surface area contributed by atoms with Crippen molar-refractivity contribution in [2.75, 3.05) is 13.6 Å². The van der Waals surface area contributed by atoms with E-state index in [1.165, 1.54) is 64.2 Å². The highest BCUT2D eigenvalue weighted by atomic mass is 127. The second kappa shape index (κ2) is 9.83. The lowest BCUT2D eigenvalue weighted by Crippen LogP contribution is -2.42. The highest BCUT2D eigenvalue weighted by Crippen LogP contribution is 2.28. The van der Waals surface area contributed by atoms with Crippen LogP contribution in [0.2, 0.25) is 0 Å². The molecule has 4 heteroatoms. The molecule has 0 amide bonds. The molecule has 0 saturated heterocycles. The average Bonchev–Trinajstić information content (AvgIpc) is 3.06. The first-order valence-corrected chi connectivity index (χ1v) is 7.85. The molecule has 112 valence electrons. The van der Waals surface area contributed by atoms with E-state index < -0.39 is 0 Å². The Labute approximate surface area is 135 Å². The topological polar surface area (TPSA) is 36.4 Å². The first kappa shape index (κ1) is 17.1. The molecule has 2 rings (SSSR count). The number of aliphatic imine (C=N–C) groups is 1. The van der Waals surface area contributed by atoms with Gasteiger partial charge < -0.3 is 10.6 Å². The van der Waals surface area contributed by atoms with E-state index in [2.05, 4.69) is 15.6 Å². The summed E-state index contributed by atoms with van der Waals surface area (Å²) in [7, 11) is 1.88. The van der Waals surface area contributed by atoms with Crippen LogP contribution >= 0.6 is 24.0 Å². The third kappa shape index (κ3) is 6.32. The Morgan fingerprint density at radius 3 is 2.32 bits per heavy atom. The minimum atomic E-state index is 0. The van der Waals surface area contributed by atoms with Crippen LogP contribution in [0.4, 0.5) is 0 Å². The van der Waals surface area contributed by atoms with Crippen molar-refractivity contribution in [3.63, 3.8) is 0 Å². The summed E-state index contributed by atoms with van der Waals surface area (Å²) in [5.41, 5.74) is 0. The number of rotatable bonds is 5. The smallest absolute Gasteiger partial charge is 0.191 e. The van der Waals surface area contributed by atoms with Gasteiger partial charge in [-0.3, -0.25) is 4.99 Å². The number of guanidine groups is 1. The first-order chi connectivity index (χ1) is 8.88. The van der Waals surface area contributed by atoms with Crippen molar-refractivity contribution in [3.05, 3.63) is 0 Å². The van der Waals surface area contributed by atoms with Gasteiger partial charge >= 0.3 is 0 Å². The fourth-order valence-electron chi connectivity index (χ4n) is 3.35. The van der Waals surface area contributed by atoms with E-state index in [9.17, 15) is 0 Å². The summed E-state index contributed by atoms with van der Waals surface area (Å²) >= 11 is 0. The molecule has 2 aliphatic carbocycles. The SMILES string of the molecule is CN=C(NCCCC1CCCC1)NC1CCCC1.I. The Hall–Kier alpha value is 0. The number of nitrogens with zero attached hydrogens (tertiary/aromatic N) is 1. The largest absolute Gasteiger partial charge is 0.356 e. The van der Waals surface area contributed by atoms with Gasteiger partial charge in [0.25, 0.3) is 0 Å². The van der Waals surface area contributed by atoms with Crippen molar-refractivity contribution in [2.24, 2.45) is 10.9 Å². The predicted molar refractivity (Wildman–Crippen MR) is 93.4 cm³/mol. The highest BCUT2D eigenvalue weighted by molar-refractivity contribution is 14.0. The third-order valence-corrected chi connectivity index (χ3v) is 4.48. The minimum absolute atomic E-state index is 0. The number of hydrogen-bond acceptors (Lipinski definition) is 1. The number of halogens is 1. The van der Waals surface area contributed by atoms with Gasteiger partial charge in [0.05, 0.1) is 0 Å². The van der Waals surface area contributed by atoms with Gasteiger partial charge in [0.15, 0.2) is 5.96 Å². The van der Waals surface area contributed by atoms with Gasteiger partial charge in [0.2, 0.25) is 0 Å². The standard InChI is InChI=1S/C15H29N3.HI/c1-16-15(18-14-10-4-5-11-14)17-12-6-9-13-7-2-3-8-13;/h13-14H,2-12H2,1H3,(H2,16,17,18);1H. The molecular weight excluding hydrogens is 349 g/mol. The number of hydrogen-bond donors (Lipinski definition) is 2. The zero-order chi connectivity index (χ0) is 12.6. The van der Waals surface area contributed by atoms with Crippen LogP contribution in [-0.4, -0.2) is 25.6 Å². The molecule has 3 nitrogen and oxygen atoms in total. The molecule has 0 heterocycles. The van der Waals surface area contributed by atoms with Crippen LogP contribution in [0.1, 0.15) is 64.2 Å². The molecule has 0 radical (unpaired) electrons. The molecule has 0 unspecified atom stereocenters. The molecule has 0 atom stereocenters. The van der Waals surface area contributed by atoms with Gasteiger partial charge in [-0.1, -0.05) is 38.5 Å². The van der Waals surface area contributed by atoms with Gasteiger partial charge in [0.1, 0.15) is 0 Å². The zero-order valence-corrected chi connectivity index (χ0v) is 14.6. The van der Waals surface area contributed by atoms with Crippen LogP contribution < -0.4 is 10.6 Å². The minimum Gasteiger partial charge on any atom is -0.356 e. The van der Waals surface area contributed by atoms with E-state index in [0.717, 1.165) is 18.4 Å². The summed E-state index contributed by atoms with van der Waals surface area (Å²) in [6.07, 6.45) is 13.9. The molecule has 0 aromatic rings. The van der Waals surface area contributed by atoms with Gasteiger partial charge in [0, 0.05) is 19.6 Å². The predicted octanol–water partition coefficient (Wildman–Crippen LogP) is 3.68. The van der Waals surface area contributed by atoms with Crippen LogP contribution in [0.3, 0.4) is 0 Å². The molecule has 0 bridgehead atoms. The fraction of sp³-hybridized carbons (Fsp3) is 0.933. The van der Waals surface area contributed by atoms with Crippen molar-refractivity contribution in [1.29, 1.82) is 0 Å². The number of nitrogens with one attached hydrogen (secondary N) is 2. The van der Waals surface area contributed by atoms with Gasteiger partial charge in [-0.05, 0) is 31.6 Å². The van der Waals surface area contributed by atoms with Crippen LogP contribution in [-0.2, 0) is 0 Å². The van der Waals surface area contributed by atoms with Crippen LogP contribution in [0, 0.1) is 5.92 Å². The maximum Gasteiger partial charge on any atom is 0.191 e. The van der Waals surface area contributed by atoms with Crippen molar-refractivity contribution in [3.8, 4) is 0 Å². The molecule has 2 aliphatic rings. The second-order valence-corrected chi connectivity index (χ2v) is 5.92. The molecule has 19 heavy (non-hydrogen) atoms. The Morgan fingerprint density at radius 2 is 1.68 bits per heavy atom. The van der Waals surface area contributed by atoms with Crippen LogP contribution in [0.25, 0.3) is 0 Å². The van der Waals surface area contributed by atoms with Crippen LogP contribution in [0.15, 0.2) is 4.99 Å². The molecule has 0 aromatic heterocycles. The van der Waals surface area contributed by atoms with Crippen molar-refractivity contribution < 1.29 is 0 Å². The van der Waals surface area contributed by atoms with Crippen molar-refractivity contribution in [1.82, 2.24) is 10.6 Å². The second-order valence-electron chi connectivity index (χ2n) is 5.92. The molecule has 2 N–H and O–H groups in total. The Morgan fingerprint density at radius 1 is 1.05 bits per heavy atom. The van der Waals surface area contributed by atoms with E-state index in [0.29, 0.717) is 6.04 Å². The summed E-state index contributed by atoms with van der Waals surface area (Å²) in [4.78, 5) is 4.32. The first-order valence-electron chi connectivity index (χ1n) is 7.85. The summed E-state index contributed by atoms with van der Waals surface area (Å²) in [6, 6.07) is 0.658. The lowest BCUT2D eigenvalue weighted by atomic mass is 10.0. The van der Waals surface area contributed by atoms with Crippen molar-refractivity contribution >= 4 is 29.9 Å². The maximum absolute atomic E-state index is 4.32. The summed E-state index contributed by atoms with van der Waals surface area (Å²) in [5, 5.41) is 6.99. The molecular formula is C15H30IN3. The summed E-state index contributed by atoms with van der Waals surface area (Å²) < 4.78 is 0. The van der Waals surface area contributed by atoms with E-state index >= 15 is 0 Å². The quantitative estimate of drug-likeness (QED) is 0.331. The monoisotopic (exact) mass is 379 g/mol. The molecule has 0 aromatic carbocycles. The molecule has 2 fully saturated rings. The van der Waals surface area contributed by atoms with Crippen molar-refractivity contribution in [2.45, 2.75) is 70.3 Å². The maximum atomic E-state index is 4.32. The lowest BCUT2D eigenvalue weighted by Gasteiger charge is -2.17. The van der Waals surface area contributed by atoms with E-state index in [-0.39, 0.29) is 24.0 Å². The van der Waals surface area contributed by atoms with Gasteiger partial charge in [-0.2, -0.15) is 0 Å². The van der Waals surface area contributed by atoms with Gasteiger partial charge in [-0.25, -0.2) is 0 Å². The summed E-state index contributed by atoms with van der Waals surface area (Å²) in [6.45, 7) is 1.07. The van der Waals surface area contributed by atoms with E-state index in [4.69, 9.17) is 0 Å². The Kier molecular flexibility index (Phi) is 8.83. The van der Waals surface area contributed by atoms with Gasteiger partial charge in [-0.15, -0.1) is 24.0 Å². The van der Waals surface area contributed by atoms with E-state index in [1.807, 2.05) is 7.05 Å². The normalized spacial score (nSPS) is 21.4. The third-order valence-electron chi connectivity index (χ3n) is 4.48. The fourth-order valence-corrected chi connectivity index (χ4v) is 3.35. The lowest BCUT2D eigenvalue weighted by molar-refractivity contribution is 0.480. The van der Waals surface area contributed by atoms with Crippen LogP contribution in [0.5, 0.6) is 0 Å². The molecule has 0 aliphatic heterocycles. The molecule has 0 spiro atoms. The average molecular weight is 379 g/mol. The summed E-state index contributed by atoms with van der Waals surface area (Å²) in [5.74, 6) is 2.02. The Bertz CT molecular complexity index is 256.